The van der Waals surface area contributed by atoms with Crippen LogP contribution in [-0.2, 0) is 17.4 Å². The van der Waals surface area contributed by atoms with E-state index in [0.29, 0.717) is 16.8 Å². The lowest BCUT2D eigenvalue weighted by Gasteiger charge is -2.19. The number of carbonyl (C=O) groups excluding carboxylic acids is 1. The number of rotatable bonds is 3. The number of anilines is 1. The fourth-order valence-corrected chi connectivity index (χ4v) is 2.80. The van der Waals surface area contributed by atoms with Crippen LogP contribution in [0.2, 0.25) is 0 Å². The number of hydrogen-bond donors (Lipinski definition) is 1. The monoisotopic (exact) mass is 335 g/mol. The summed E-state index contributed by atoms with van der Waals surface area (Å²) in [7, 11) is 0. The van der Waals surface area contributed by atoms with Crippen LogP contribution in [0, 0.1) is 0 Å². The zero-order valence-corrected chi connectivity index (χ0v) is 13.2. The van der Waals surface area contributed by atoms with Gasteiger partial charge in [0.05, 0.1) is 18.1 Å². The Morgan fingerprint density at radius 1 is 1.17 bits per heavy atom. The maximum Gasteiger partial charge on any atom is 0.417 e. The molecule has 2 aromatic rings. The molecule has 0 saturated heterocycles. The number of alkyl halides is 3. The van der Waals surface area contributed by atoms with Crippen LogP contribution in [0.1, 0.15) is 25.0 Å². The van der Waals surface area contributed by atoms with Gasteiger partial charge in [-0.05, 0) is 49.2 Å². The van der Waals surface area contributed by atoms with E-state index in [4.69, 9.17) is 4.74 Å². The lowest BCUT2D eigenvalue weighted by Crippen LogP contribution is -2.11. The van der Waals surface area contributed by atoms with E-state index in [1.54, 1.807) is 32.0 Å². The number of carbonyl (C=O) groups is 1. The van der Waals surface area contributed by atoms with E-state index in [-0.39, 0.29) is 29.7 Å². The zero-order chi connectivity index (χ0) is 17.5. The predicted octanol–water partition coefficient (Wildman–Crippen LogP) is 4.65. The molecule has 0 fully saturated rings. The Balaban J connectivity index is 2.18. The van der Waals surface area contributed by atoms with Crippen LogP contribution in [-0.4, -0.2) is 12.0 Å². The van der Waals surface area contributed by atoms with Crippen molar-refractivity contribution in [1.29, 1.82) is 0 Å². The molecule has 0 aliphatic carbocycles. The van der Waals surface area contributed by atoms with Gasteiger partial charge >= 0.3 is 6.18 Å². The number of benzene rings is 2. The fourth-order valence-electron chi connectivity index (χ4n) is 2.80. The molecule has 2 aromatic carbocycles. The van der Waals surface area contributed by atoms with Crippen LogP contribution in [0.3, 0.4) is 0 Å². The molecule has 1 amide bonds. The Bertz CT molecular complexity index is 797. The van der Waals surface area contributed by atoms with Crippen molar-refractivity contribution in [2.45, 2.75) is 32.5 Å². The van der Waals surface area contributed by atoms with Crippen LogP contribution in [0.25, 0.3) is 11.1 Å². The molecule has 0 saturated carbocycles. The Labute approximate surface area is 137 Å². The van der Waals surface area contributed by atoms with Crippen molar-refractivity contribution in [1.82, 2.24) is 0 Å². The van der Waals surface area contributed by atoms with Gasteiger partial charge in [0.25, 0.3) is 0 Å². The molecule has 126 valence electrons. The quantitative estimate of drug-likeness (QED) is 0.886. The summed E-state index contributed by atoms with van der Waals surface area (Å²) < 4.78 is 46.0. The van der Waals surface area contributed by atoms with E-state index >= 15 is 0 Å². The highest BCUT2D eigenvalue weighted by Crippen LogP contribution is 2.43. The molecular weight excluding hydrogens is 319 g/mol. The Morgan fingerprint density at radius 3 is 2.58 bits per heavy atom. The lowest BCUT2D eigenvalue weighted by molar-refractivity contribution is -0.137. The molecule has 6 heteroatoms. The molecule has 1 N–H and O–H groups in total. The molecular formula is C18H16F3NO2. The van der Waals surface area contributed by atoms with E-state index in [0.717, 1.165) is 6.07 Å². The second-order valence-corrected chi connectivity index (χ2v) is 5.94. The van der Waals surface area contributed by atoms with Crippen LogP contribution < -0.4 is 10.1 Å². The first-order valence-corrected chi connectivity index (χ1v) is 7.55. The molecule has 0 aromatic heterocycles. The highest BCUT2D eigenvalue weighted by atomic mass is 19.4. The van der Waals surface area contributed by atoms with Gasteiger partial charge < -0.3 is 10.1 Å². The van der Waals surface area contributed by atoms with Gasteiger partial charge in [-0.2, -0.15) is 13.2 Å². The molecule has 0 bridgehead atoms. The van der Waals surface area contributed by atoms with Gasteiger partial charge in [-0.1, -0.05) is 12.1 Å². The lowest BCUT2D eigenvalue weighted by atomic mass is 9.96. The summed E-state index contributed by atoms with van der Waals surface area (Å²) in [4.78, 5) is 11.5. The molecule has 0 unspecified atom stereocenters. The maximum atomic E-state index is 13.5. The van der Waals surface area contributed by atoms with Crippen LogP contribution in [0.5, 0.6) is 5.75 Å². The minimum atomic E-state index is -4.50. The smallest absolute Gasteiger partial charge is 0.417 e. The summed E-state index contributed by atoms with van der Waals surface area (Å²) in [6.07, 6.45) is -4.60. The van der Waals surface area contributed by atoms with Gasteiger partial charge in [-0.3, -0.25) is 4.79 Å². The minimum Gasteiger partial charge on any atom is -0.490 e. The topological polar surface area (TPSA) is 38.3 Å². The van der Waals surface area contributed by atoms with Crippen molar-refractivity contribution in [3.8, 4) is 16.9 Å². The van der Waals surface area contributed by atoms with Gasteiger partial charge in [0, 0.05) is 11.3 Å². The average Bonchev–Trinajstić information content (AvgIpc) is 2.84. The number of amides is 1. The number of halogens is 3. The summed E-state index contributed by atoms with van der Waals surface area (Å²) in [5.74, 6) is 0.0157. The summed E-state index contributed by atoms with van der Waals surface area (Å²) in [6, 6.07) is 8.72. The van der Waals surface area contributed by atoms with Gasteiger partial charge in [0.2, 0.25) is 5.91 Å². The average molecular weight is 335 g/mol. The zero-order valence-electron chi connectivity index (χ0n) is 13.2. The number of hydrogen-bond acceptors (Lipinski definition) is 2. The third kappa shape index (κ3) is 3.09. The van der Waals surface area contributed by atoms with Crippen molar-refractivity contribution in [2.75, 3.05) is 5.32 Å². The first-order chi connectivity index (χ1) is 11.3. The van der Waals surface area contributed by atoms with Gasteiger partial charge in [0.15, 0.2) is 0 Å². The number of nitrogens with one attached hydrogen (secondary N) is 1. The Kier molecular flexibility index (Phi) is 3.99. The van der Waals surface area contributed by atoms with Gasteiger partial charge in [-0.15, -0.1) is 0 Å². The van der Waals surface area contributed by atoms with Crippen molar-refractivity contribution >= 4 is 11.6 Å². The molecule has 0 atom stereocenters. The normalized spacial score (nSPS) is 13.8. The second kappa shape index (κ2) is 5.85. The van der Waals surface area contributed by atoms with E-state index in [1.807, 2.05) is 0 Å². The second-order valence-electron chi connectivity index (χ2n) is 5.94. The molecule has 0 spiro atoms. The van der Waals surface area contributed by atoms with Crippen molar-refractivity contribution < 1.29 is 22.7 Å². The first kappa shape index (κ1) is 16.4. The maximum absolute atomic E-state index is 13.5. The minimum absolute atomic E-state index is 0.000786. The van der Waals surface area contributed by atoms with Crippen LogP contribution >= 0.6 is 0 Å². The van der Waals surface area contributed by atoms with E-state index < -0.39 is 11.7 Å². The van der Waals surface area contributed by atoms with Gasteiger partial charge in [0.1, 0.15) is 5.75 Å². The number of fused-ring (bicyclic) bond motifs is 1. The van der Waals surface area contributed by atoms with E-state index in [2.05, 4.69) is 5.32 Å². The van der Waals surface area contributed by atoms with Crippen molar-refractivity contribution in [2.24, 2.45) is 0 Å². The highest BCUT2D eigenvalue weighted by Gasteiger charge is 2.35. The SMILES string of the molecule is CC(C)Oc1cccc(C(F)(F)F)c1-c1ccc2c(c1)CC(=O)N2. The molecule has 3 nitrogen and oxygen atoms in total. The van der Waals surface area contributed by atoms with E-state index in [9.17, 15) is 18.0 Å². The fraction of sp³-hybridized carbons (Fsp3) is 0.278. The number of ether oxygens (including phenoxy) is 1. The van der Waals surface area contributed by atoms with Crippen molar-refractivity contribution in [3.05, 3.63) is 47.5 Å². The molecule has 1 heterocycles. The van der Waals surface area contributed by atoms with E-state index in [1.165, 1.54) is 12.1 Å². The summed E-state index contributed by atoms with van der Waals surface area (Å²) >= 11 is 0. The molecule has 1 aliphatic rings. The van der Waals surface area contributed by atoms with Gasteiger partial charge in [-0.25, -0.2) is 0 Å². The third-order valence-corrected chi connectivity index (χ3v) is 3.71. The Morgan fingerprint density at radius 2 is 1.92 bits per heavy atom. The van der Waals surface area contributed by atoms with Crippen LogP contribution in [0.4, 0.5) is 18.9 Å². The predicted molar refractivity (Wildman–Crippen MR) is 85.0 cm³/mol. The largest absolute Gasteiger partial charge is 0.490 e. The first-order valence-electron chi connectivity index (χ1n) is 7.55. The summed E-state index contributed by atoms with van der Waals surface area (Å²) in [6.45, 7) is 3.52. The highest BCUT2D eigenvalue weighted by molar-refractivity contribution is 5.99. The molecule has 1 aliphatic heterocycles. The van der Waals surface area contributed by atoms with Crippen molar-refractivity contribution in [3.63, 3.8) is 0 Å². The Hall–Kier alpha value is -2.50. The standard InChI is InChI=1S/C18H16F3NO2/c1-10(2)24-15-5-3-4-13(18(19,20)21)17(15)11-6-7-14-12(8-11)9-16(23)22-14/h3-8,10H,9H2,1-2H3,(H,22,23). The summed E-state index contributed by atoms with van der Waals surface area (Å²) in [5.41, 5.74) is 0.956. The molecule has 24 heavy (non-hydrogen) atoms. The van der Waals surface area contributed by atoms with Crippen LogP contribution in [0.15, 0.2) is 36.4 Å². The summed E-state index contributed by atoms with van der Waals surface area (Å²) in [5, 5.41) is 2.68. The molecule has 3 rings (SSSR count). The third-order valence-electron chi connectivity index (χ3n) is 3.71. The molecule has 0 radical (unpaired) electrons.